The Morgan fingerprint density at radius 3 is 2.55 bits per heavy atom. The van der Waals surface area contributed by atoms with Crippen LogP contribution in [-0.4, -0.2) is 46.9 Å². The zero-order valence-corrected chi connectivity index (χ0v) is 10.0. The first-order valence-electron chi connectivity index (χ1n) is 5.39. The Bertz CT molecular complexity index is 478. The number of halogens is 3. The first kappa shape index (κ1) is 16.1. The molecule has 0 bridgehead atoms. The van der Waals surface area contributed by atoms with Crippen molar-refractivity contribution >= 4 is 11.7 Å². The van der Waals surface area contributed by atoms with Crippen molar-refractivity contribution in [3.8, 4) is 5.75 Å². The topological polar surface area (TPSA) is 99.0 Å². The number of benzene rings is 1. The molecular formula is C11H12F3NO5. The van der Waals surface area contributed by atoms with Crippen LogP contribution >= 0.6 is 0 Å². The fraction of sp³-hybridized carbons (Fsp3) is 0.364. The number of aromatic carboxylic acids is 1. The maximum absolute atomic E-state index is 12.0. The van der Waals surface area contributed by atoms with E-state index in [1.165, 1.54) is 0 Å². The van der Waals surface area contributed by atoms with Crippen molar-refractivity contribution in [2.24, 2.45) is 0 Å². The number of aliphatic hydroxyl groups excluding tert-OH is 2. The van der Waals surface area contributed by atoms with Gasteiger partial charge in [0.25, 0.3) is 0 Å². The molecule has 20 heavy (non-hydrogen) atoms. The largest absolute Gasteiger partial charge is 0.573 e. The van der Waals surface area contributed by atoms with Gasteiger partial charge in [0.1, 0.15) is 5.75 Å². The van der Waals surface area contributed by atoms with Gasteiger partial charge in [-0.05, 0) is 18.2 Å². The van der Waals surface area contributed by atoms with Crippen LogP contribution in [0.5, 0.6) is 5.75 Å². The van der Waals surface area contributed by atoms with Crippen LogP contribution in [0.1, 0.15) is 10.4 Å². The van der Waals surface area contributed by atoms with Crippen LogP contribution in [0, 0.1) is 0 Å². The van der Waals surface area contributed by atoms with Gasteiger partial charge in [0.2, 0.25) is 0 Å². The third-order valence-corrected chi connectivity index (χ3v) is 2.19. The molecule has 0 radical (unpaired) electrons. The number of nitrogens with one attached hydrogen (secondary N) is 1. The molecule has 1 aromatic carbocycles. The highest BCUT2D eigenvalue weighted by molar-refractivity contribution is 5.94. The number of carbonyl (C=O) groups is 1. The number of carboxylic acids is 1. The molecule has 0 aromatic heterocycles. The van der Waals surface area contributed by atoms with Crippen molar-refractivity contribution < 1.29 is 38.0 Å². The molecule has 1 rings (SSSR count). The summed E-state index contributed by atoms with van der Waals surface area (Å²) in [6.45, 7) is -0.694. The van der Waals surface area contributed by atoms with Crippen LogP contribution in [-0.2, 0) is 0 Å². The lowest BCUT2D eigenvalue weighted by atomic mass is 10.1. The Morgan fingerprint density at radius 1 is 1.40 bits per heavy atom. The maximum Gasteiger partial charge on any atom is 0.573 e. The zero-order valence-electron chi connectivity index (χ0n) is 10.0. The molecule has 0 heterocycles. The summed E-state index contributed by atoms with van der Waals surface area (Å²) in [5.41, 5.74) is -0.448. The first-order chi connectivity index (χ1) is 9.23. The molecule has 1 unspecified atom stereocenters. The molecule has 0 saturated heterocycles. The van der Waals surface area contributed by atoms with Crippen molar-refractivity contribution in [1.82, 2.24) is 0 Å². The van der Waals surface area contributed by atoms with Gasteiger partial charge in [-0.2, -0.15) is 0 Å². The molecule has 1 atom stereocenters. The second kappa shape index (κ2) is 6.44. The summed E-state index contributed by atoms with van der Waals surface area (Å²) in [5, 5.41) is 29.2. The van der Waals surface area contributed by atoms with E-state index >= 15 is 0 Å². The number of rotatable bonds is 6. The highest BCUT2D eigenvalue weighted by atomic mass is 19.4. The van der Waals surface area contributed by atoms with E-state index in [9.17, 15) is 18.0 Å². The van der Waals surface area contributed by atoms with E-state index in [2.05, 4.69) is 10.1 Å². The van der Waals surface area contributed by atoms with Crippen molar-refractivity contribution in [2.75, 3.05) is 18.5 Å². The summed E-state index contributed by atoms with van der Waals surface area (Å²) in [7, 11) is 0. The predicted molar refractivity (Wildman–Crippen MR) is 61.7 cm³/mol. The summed E-state index contributed by atoms with van der Waals surface area (Å²) in [6.07, 6.45) is -6.04. The normalized spacial score (nSPS) is 12.8. The summed E-state index contributed by atoms with van der Waals surface area (Å²) >= 11 is 0. The van der Waals surface area contributed by atoms with Gasteiger partial charge < -0.3 is 25.4 Å². The second-order valence-corrected chi connectivity index (χ2v) is 3.78. The van der Waals surface area contributed by atoms with Gasteiger partial charge in [-0.3, -0.25) is 0 Å². The number of hydrogen-bond donors (Lipinski definition) is 4. The zero-order chi connectivity index (χ0) is 15.3. The molecule has 0 saturated carbocycles. The van der Waals surface area contributed by atoms with E-state index in [0.29, 0.717) is 6.07 Å². The molecule has 0 aliphatic heterocycles. The summed E-state index contributed by atoms with van der Waals surface area (Å²) in [6, 6.07) is 2.73. The molecule has 112 valence electrons. The van der Waals surface area contributed by atoms with Crippen molar-refractivity contribution in [2.45, 2.75) is 12.5 Å². The number of carboxylic acid groups (broad SMARTS) is 1. The predicted octanol–water partition coefficient (Wildman–Crippen LogP) is 1.05. The Kier molecular flexibility index (Phi) is 5.17. The van der Waals surface area contributed by atoms with Crippen molar-refractivity contribution in [3.05, 3.63) is 23.8 Å². The smallest absolute Gasteiger partial charge is 0.478 e. The lowest BCUT2D eigenvalue weighted by molar-refractivity contribution is -0.274. The van der Waals surface area contributed by atoms with Crippen LogP contribution < -0.4 is 10.1 Å². The molecule has 0 fully saturated rings. The van der Waals surface area contributed by atoms with Crippen LogP contribution in [0.2, 0.25) is 0 Å². The van der Waals surface area contributed by atoms with Gasteiger partial charge >= 0.3 is 12.3 Å². The fourth-order valence-electron chi connectivity index (χ4n) is 1.34. The van der Waals surface area contributed by atoms with E-state index in [4.69, 9.17) is 15.3 Å². The third kappa shape index (κ3) is 4.94. The van der Waals surface area contributed by atoms with Gasteiger partial charge in [-0.25, -0.2) is 4.79 Å². The fourth-order valence-corrected chi connectivity index (χ4v) is 1.34. The highest BCUT2D eigenvalue weighted by Crippen LogP contribution is 2.27. The standard InChI is InChI=1S/C11H12F3NO5/c12-11(13,14)20-7-1-2-9(8(3-7)10(18)19)15-4-6(17)5-16/h1-3,6,15-17H,4-5H2,(H,18,19). The summed E-state index contributed by atoms with van der Waals surface area (Å²) in [5.74, 6) is -2.12. The summed E-state index contributed by atoms with van der Waals surface area (Å²) in [4.78, 5) is 11.0. The Balaban J connectivity index is 2.93. The van der Waals surface area contributed by atoms with E-state index in [0.717, 1.165) is 12.1 Å². The molecule has 4 N–H and O–H groups in total. The van der Waals surface area contributed by atoms with E-state index < -0.39 is 36.4 Å². The lowest BCUT2D eigenvalue weighted by Gasteiger charge is -2.14. The Morgan fingerprint density at radius 2 is 2.05 bits per heavy atom. The van der Waals surface area contributed by atoms with Crippen LogP contribution in [0.25, 0.3) is 0 Å². The van der Waals surface area contributed by atoms with Gasteiger partial charge in [0.15, 0.2) is 0 Å². The molecular weight excluding hydrogens is 283 g/mol. The quantitative estimate of drug-likeness (QED) is 0.626. The molecule has 0 spiro atoms. The monoisotopic (exact) mass is 295 g/mol. The Labute approximate surface area is 111 Å². The number of alkyl halides is 3. The number of hydrogen-bond acceptors (Lipinski definition) is 5. The maximum atomic E-state index is 12.0. The Hall–Kier alpha value is -2.00. The van der Waals surface area contributed by atoms with Gasteiger partial charge in [0.05, 0.1) is 18.3 Å². The lowest BCUT2D eigenvalue weighted by Crippen LogP contribution is -2.24. The molecule has 6 nitrogen and oxygen atoms in total. The van der Waals surface area contributed by atoms with Crippen molar-refractivity contribution in [3.63, 3.8) is 0 Å². The molecule has 9 heteroatoms. The van der Waals surface area contributed by atoms with Crippen LogP contribution in [0.15, 0.2) is 18.2 Å². The van der Waals surface area contributed by atoms with Crippen LogP contribution in [0.4, 0.5) is 18.9 Å². The number of anilines is 1. The second-order valence-electron chi connectivity index (χ2n) is 3.78. The molecule has 0 aliphatic carbocycles. The van der Waals surface area contributed by atoms with Crippen LogP contribution in [0.3, 0.4) is 0 Å². The minimum Gasteiger partial charge on any atom is -0.478 e. The van der Waals surface area contributed by atoms with E-state index in [1.54, 1.807) is 0 Å². The van der Waals surface area contributed by atoms with Gasteiger partial charge in [0, 0.05) is 12.2 Å². The molecule has 1 aromatic rings. The molecule has 0 aliphatic rings. The SMILES string of the molecule is O=C(O)c1cc(OC(F)(F)F)ccc1NCC(O)CO. The van der Waals surface area contributed by atoms with E-state index in [-0.39, 0.29) is 12.2 Å². The van der Waals surface area contributed by atoms with E-state index in [1.807, 2.05) is 0 Å². The minimum atomic E-state index is -4.92. The average molecular weight is 295 g/mol. The highest BCUT2D eigenvalue weighted by Gasteiger charge is 2.31. The third-order valence-electron chi connectivity index (χ3n) is 2.19. The van der Waals surface area contributed by atoms with Crippen molar-refractivity contribution in [1.29, 1.82) is 0 Å². The summed E-state index contributed by atoms with van der Waals surface area (Å²) < 4.78 is 39.7. The molecule has 0 amide bonds. The first-order valence-corrected chi connectivity index (χ1v) is 5.39. The number of aliphatic hydroxyl groups is 2. The van der Waals surface area contributed by atoms with Gasteiger partial charge in [-0.15, -0.1) is 13.2 Å². The number of ether oxygens (including phenoxy) is 1. The van der Waals surface area contributed by atoms with Gasteiger partial charge in [-0.1, -0.05) is 0 Å². The average Bonchev–Trinajstić information content (AvgIpc) is 2.34. The minimum absolute atomic E-state index is 0.000440.